The van der Waals surface area contributed by atoms with E-state index < -0.39 is 5.60 Å². The van der Waals surface area contributed by atoms with Crippen LogP contribution in [0.1, 0.15) is 39.0 Å². The van der Waals surface area contributed by atoms with Gasteiger partial charge < -0.3 is 9.84 Å². The van der Waals surface area contributed by atoms with Crippen LogP contribution in [0, 0.1) is 0 Å². The molecule has 1 aliphatic rings. The van der Waals surface area contributed by atoms with E-state index in [1.807, 2.05) is 20.0 Å². The molecule has 1 aliphatic carbocycles. The van der Waals surface area contributed by atoms with Gasteiger partial charge in [0.1, 0.15) is 0 Å². The predicted octanol–water partition coefficient (Wildman–Crippen LogP) is 1.73. The lowest BCUT2D eigenvalue weighted by molar-refractivity contribution is -0.136. The van der Waals surface area contributed by atoms with Crippen LogP contribution < -0.4 is 0 Å². The van der Waals surface area contributed by atoms with Gasteiger partial charge in [-0.1, -0.05) is 25.8 Å². The summed E-state index contributed by atoms with van der Waals surface area (Å²) in [6, 6.07) is 0. The van der Waals surface area contributed by atoms with Crippen LogP contribution in [0.25, 0.3) is 0 Å². The van der Waals surface area contributed by atoms with Crippen LogP contribution in [-0.4, -0.2) is 48.8 Å². The summed E-state index contributed by atoms with van der Waals surface area (Å²) >= 11 is 0. The first kappa shape index (κ1) is 15.2. The molecule has 4 nitrogen and oxygen atoms in total. The Morgan fingerprint density at radius 2 is 2.06 bits per heavy atom. The number of likely N-dealkylation sites (N-methyl/N-ethyl adjacent to an activating group) is 1. The van der Waals surface area contributed by atoms with Crippen molar-refractivity contribution in [1.29, 1.82) is 0 Å². The fraction of sp³-hybridized carbons (Fsp3) is 0.786. The second-order valence-corrected chi connectivity index (χ2v) is 5.20. The molecule has 0 aromatic rings. The number of aliphatic hydroxyl groups is 1. The second-order valence-electron chi connectivity index (χ2n) is 5.20. The summed E-state index contributed by atoms with van der Waals surface area (Å²) < 4.78 is 4.71. The molecule has 1 fully saturated rings. The zero-order valence-electron chi connectivity index (χ0n) is 11.7. The van der Waals surface area contributed by atoms with E-state index in [1.165, 1.54) is 7.11 Å². The molecular formula is C14H25NO3. The van der Waals surface area contributed by atoms with Crippen molar-refractivity contribution in [3.8, 4) is 0 Å². The SMILES string of the molecule is CCC(=CCN(C)CC1(O)CCCC1)C(=O)OC. The molecule has 18 heavy (non-hydrogen) atoms. The van der Waals surface area contributed by atoms with Gasteiger partial charge in [0, 0.05) is 18.7 Å². The molecule has 0 bridgehead atoms. The number of nitrogens with zero attached hydrogens (tertiary/aromatic N) is 1. The minimum Gasteiger partial charge on any atom is -0.466 e. The molecule has 0 aliphatic heterocycles. The number of carbonyl (C=O) groups excluding carboxylic acids is 1. The maximum atomic E-state index is 11.4. The summed E-state index contributed by atoms with van der Waals surface area (Å²) in [6.45, 7) is 3.27. The molecule has 0 heterocycles. The standard InChI is InChI=1S/C14H25NO3/c1-4-12(13(16)18-3)7-10-15(2)11-14(17)8-5-6-9-14/h7,17H,4-6,8-11H2,1-3H3. The minimum atomic E-state index is -0.528. The zero-order chi connectivity index (χ0) is 13.6. The third kappa shape index (κ3) is 4.42. The number of hydrogen-bond acceptors (Lipinski definition) is 4. The quantitative estimate of drug-likeness (QED) is 0.580. The Kier molecular flexibility index (Phi) is 5.82. The van der Waals surface area contributed by atoms with Gasteiger partial charge in [0.15, 0.2) is 0 Å². The van der Waals surface area contributed by atoms with Crippen molar-refractivity contribution in [1.82, 2.24) is 4.90 Å². The monoisotopic (exact) mass is 255 g/mol. The fourth-order valence-electron chi connectivity index (χ4n) is 2.53. The van der Waals surface area contributed by atoms with Crippen molar-refractivity contribution < 1.29 is 14.6 Å². The summed E-state index contributed by atoms with van der Waals surface area (Å²) in [5.41, 5.74) is 0.169. The van der Waals surface area contributed by atoms with Gasteiger partial charge in [-0.25, -0.2) is 4.79 Å². The lowest BCUT2D eigenvalue weighted by Gasteiger charge is -2.27. The molecule has 1 N–H and O–H groups in total. The van der Waals surface area contributed by atoms with Crippen molar-refractivity contribution in [2.24, 2.45) is 0 Å². The summed E-state index contributed by atoms with van der Waals surface area (Å²) in [6.07, 6.45) is 6.57. The lowest BCUT2D eigenvalue weighted by atomic mass is 10.0. The largest absolute Gasteiger partial charge is 0.466 e. The van der Waals surface area contributed by atoms with Crippen molar-refractivity contribution in [2.75, 3.05) is 27.2 Å². The van der Waals surface area contributed by atoms with E-state index >= 15 is 0 Å². The smallest absolute Gasteiger partial charge is 0.333 e. The molecule has 0 amide bonds. The molecule has 1 rings (SSSR count). The Morgan fingerprint density at radius 1 is 1.44 bits per heavy atom. The Labute approximate surface area is 110 Å². The number of carbonyl (C=O) groups is 1. The molecule has 4 heteroatoms. The van der Waals surface area contributed by atoms with Gasteiger partial charge >= 0.3 is 5.97 Å². The molecule has 104 valence electrons. The van der Waals surface area contributed by atoms with E-state index in [-0.39, 0.29) is 5.97 Å². The van der Waals surface area contributed by atoms with E-state index in [1.54, 1.807) is 0 Å². The molecule has 1 saturated carbocycles. The Bertz CT molecular complexity index is 306. The van der Waals surface area contributed by atoms with E-state index in [2.05, 4.69) is 4.90 Å². The van der Waals surface area contributed by atoms with Crippen molar-refractivity contribution in [3.63, 3.8) is 0 Å². The predicted molar refractivity (Wildman–Crippen MR) is 71.3 cm³/mol. The first-order valence-corrected chi connectivity index (χ1v) is 6.69. The molecular weight excluding hydrogens is 230 g/mol. The van der Waals surface area contributed by atoms with Crippen LogP contribution in [0.4, 0.5) is 0 Å². The number of ether oxygens (including phenoxy) is 1. The van der Waals surface area contributed by atoms with Crippen molar-refractivity contribution in [2.45, 2.75) is 44.6 Å². The second kappa shape index (κ2) is 6.90. The molecule has 0 atom stereocenters. The van der Waals surface area contributed by atoms with E-state index in [0.717, 1.165) is 25.7 Å². The highest BCUT2D eigenvalue weighted by atomic mass is 16.5. The van der Waals surface area contributed by atoms with Gasteiger partial charge in [-0.15, -0.1) is 0 Å². The van der Waals surface area contributed by atoms with E-state index in [9.17, 15) is 9.90 Å². The van der Waals surface area contributed by atoms with Crippen molar-refractivity contribution >= 4 is 5.97 Å². The highest BCUT2D eigenvalue weighted by molar-refractivity contribution is 5.88. The lowest BCUT2D eigenvalue weighted by Crippen LogP contribution is -2.39. The topological polar surface area (TPSA) is 49.8 Å². The molecule has 0 saturated heterocycles. The van der Waals surface area contributed by atoms with Gasteiger partial charge in [0.2, 0.25) is 0 Å². The highest BCUT2D eigenvalue weighted by Crippen LogP contribution is 2.29. The van der Waals surface area contributed by atoms with Crippen LogP contribution in [-0.2, 0) is 9.53 Å². The van der Waals surface area contributed by atoms with E-state index in [0.29, 0.717) is 25.1 Å². The van der Waals surface area contributed by atoms with Crippen LogP contribution >= 0.6 is 0 Å². The Balaban J connectivity index is 2.46. The van der Waals surface area contributed by atoms with Gasteiger partial charge in [-0.2, -0.15) is 0 Å². The Morgan fingerprint density at radius 3 is 2.56 bits per heavy atom. The van der Waals surface area contributed by atoms with Gasteiger partial charge in [-0.05, 0) is 26.3 Å². The van der Waals surface area contributed by atoms with Crippen LogP contribution in [0.3, 0.4) is 0 Å². The molecule has 0 aromatic heterocycles. The zero-order valence-corrected chi connectivity index (χ0v) is 11.7. The number of esters is 1. The fourth-order valence-corrected chi connectivity index (χ4v) is 2.53. The molecule has 0 unspecified atom stereocenters. The van der Waals surface area contributed by atoms with Gasteiger partial charge in [0.05, 0.1) is 12.7 Å². The first-order valence-electron chi connectivity index (χ1n) is 6.69. The van der Waals surface area contributed by atoms with Gasteiger partial charge in [0.25, 0.3) is 0 Å². The normalized spacial score (nSPS) is 19.3. The number of methoxy groups -OCH3 is 1. The third-order valence-corrected chi connectivity index (χ3v) is 3.58. The summed E-state index contributed by atoms with van der Waals surface area (Å²) in [5, 5.41) is 10.3. The number of hydrogen-bond donors (Lipinski definition) is 1. The van der Waals surface area contributed by atoms with Crippen LogP contribution in [0.5, 0.6) is 0 Å². The van der Waals surface area contributed by atoms with Crippen LogP contribution in [0.2, 0.25) is 0 Å². The summed E-state index contributed by atoms with van der Waals surface area (Å²) in [5.74, 6) is -0.259. The number of rotatable bonds is 6. The first-order chi connectivity index (χ1) is 8.50. The summed E-state index contributed by atoms with van der Waals surface area (Å²) in [4.78, 5) is 13.5. The average molecular weight is 255 g/mol. The Hall–Kier alpha value is -0.870. The molecule has 0 radical (unpaired) electrons. The average Bonchev–Trinajstić information content (AvgIpc) is 2.75. The minimum absolute atomic E-state index is 0.259. The molecule has 0 spiro atoms. The summed E-state index contributed by atoms with van der Waals surface area (Å²) in [7, 11) is 3.37. The highest BCUT2D eigenvalue weighted by Gasteiger charge is 2.31. The van der Waals surface area contributed by atoms with E-state index in [4.69, 9.17) is 4.74 Å². The maximum absolute atomic E-state index is 11.4. The molecule has 0 aromatic carbocycles. The maximum Gasteiger partial charge on any atom is 0.333 e. The van der Waals surface area contributed by atoms with Crippen LogP contribution in [0.15, 0.2) is 11.6 Å². The van der Waals surface area contributed by atoms with Gasteiger partial charge in [-0.3, -0.25) is 4.90 Å². The third-order valence-electron chi connectivity index (χ3n) is 3.58. The van der Waals surface area contributed by atoms with Crippen molar-refractivity contribution in [3.05, 3.63) is 11.6 Å².